The number of likely N-dealkylation sites (N-methyl/N-ethyl adjacent to an activating group) is 1. The fourth-order valence-electron chi connectivity index (χ4n) is 2.94. The van der Waals surface area contributed by atoms with Gasteiger partial charge in [0.25, 0.3) is 0 Å². The molecule has 1 saturated heterocycles. The first kappa shape index (κ1) is 14.1. The molecule has 0 amide bonds. The normalized spacial score (nSPS) is 22.4. The number of nitrogens with zero attached hydrogens (tertiary/aromatic N) is 1. The van der Waals surface area contributed by atoms with Crippen LogP contribution in [0.2, 0.25) is 0 Å². The lowest BCUT2D eigenvalue weighted by atomic mass is 9.95. The number of ether oxygens (including phenoxy) is 1. The second-order valence-corrected chi connectivity index (χ2v) is 5.83. The molecule has 2 aromatic rings. The smallest absolute Gasteiger partial charge is 0.119 e. The van der Waals surface area contributed by atoms with E-state index in [2.05, 4.69) is 36.2 Å². The van der Waals surface area contributed by atoms with Crippen molar-refractivity contribution in [2.24, 2.45) is 5.73 Å². The Balaban J connectivity index is 1.62. The molecule has 1 aliphatic rings. The van der Waals surface area contributed by atoms with Gasteiger partial charge in [-0.1, -0.05) is 42.5 Å². The molecule has 0 saturated carbocycles. The average molecular weight is 282 g/mol. The number of hydrogen-bond acceptors (Lipinski definition) is 3. The van der Waals surface area contributed by atoms with Crippen molar-refractivity contribution in [3.63, 3.8) is 0 Å². The van der Waals surface area contributed by atoms with Gasteiger partial charge in [0, 0.05) is 25.0 Å². The van der Waals surface area contributed by atoms with E-state index in [0.717, 1.165) is 18.8 Å². The molecule has 0 radical (unpaired) electrons. The summed E-state index contributed by atoms with van der Waals surface area (Å²) in [4.78, 5) is 2.29. The van der Waals surface area contributed by atoms with Crippen molar-refractivity contribution in [2.45, 2.75) is 18.6 Å². The van der Waals surface area contributed by atoms with Crippen molar-refractivity contribution in [2.75, 3.05) is 20.1 Å². The number of likely N-dealkylation sites (tertiary alicyclic amines) is 1. The lowest BCUT2D eigenvalue weighted by molar-refractivity contribution is 0.306. The summed E-state index contributed by atoms with van der Waals surface area (Å²) in [6.07, 6.45) is 0. The summed E-state index contributed by atoms with van der Waals surface area (Å²) in [7, 11) is 2.12. The quantitative estimate of drug-likeness (QED) is 0.937. The first-order chi connectivity index (χ1) is 10.2. The topological polar surface area (TPSA) is 38.5 Å². The molecule has 0 unspecified atom stereocenters. The molecule has 21 heavy (non-hydrogen) atoms. The van der Waals surface area contributed by atoms with Crippen molar-refractivity contribution in [1.29, 1.82) is 0 Å². The van der Waals surface area contributed by atoms with E-state index in [9.17, 15) is 0 Å². The van der Waals surface area contributed by atoms with Crippen LogP contribution in [0, 0.1) is 0 Å². The van der Waals surface area contributed by atoms with Crippen LogP contribution in [0.4, 0.5) is 0 Å². The first-order valence-corrected chi connectivity index (χ1v) is 7.43. The molecule has 2 aromatic carbocycles. The molecule has 1 aliphatic heterocycles. The van der Waals surface area contributed by atoms with E-state index >= 15 is 0 Å². The Morgan fingerprint density at radius 1 is 1.05 bits per heavy atom. The largest absolute Gasteiger partial charge is 0.489 e. The molecule has 0 aliphatic carbocycles. The minimum Gasteiger partial charge on any atom is -0.489 e. The summed E-state index contributed by atoms with van der Waals surface area (Å²) in [6.45, 7) is 2.61. The van der Waals surface area contributed by atoms with Gasteiger partial charge >= 0.3 is 0 Å². The van der Waals surface area contributed by atoms with Gasteiger partial charge in [-0.15, -0.1) is 0 Å². The number of benzene rings is 2. The molecular weight excluding hydrogens is 260 g/mol. The van der Waals surface area contributed by atoms with E-state index in [0.29, 0.717) is 12.5 Å². The molecule has 3 rings (SSSR count). The van der Waals surface area contributed by atoms with Crippen molar-refractivity contribution >= 4 is 0 Å². The van der Waals surface area contributed by atoms with E-state index < -0.39 is 0 Å². The Bertz CT molecular complexity index is 568. The van der Waals surface area contributed by atoms with Crippen LogP contribution in [-0.4, -0.2) is 31.1 Å². The van der Waals surface area contributed by atoms with Gasteiger partial charge in [0.05, 0.1) is 0 Å². The SMILES string of the molecule is CN1C[C@H](N)[C@H](c2ccc(OCc3ccccc3)cc2)C1. The van der Waals surface area contributed by atoms with Gasteiger partial charge in [-0.3, -0.25) is 0 Å². The molecule has 2 atom stereocenters. The maximum absolute atomic E-state index is 6.20. The van der Waals surface area contributed by atoms with E-state index in [1.54, 1.807) is 0 Å². The van der Waals surface area contributed by atoms with Gasteiger partial charge in [0.2, 0.25) is 0 Å². The van der Waals surface area contributed by atoms with Gasteiger partial charge in [0.1, 0.15) is 12.4 Å². The van der Waals surface area contributed by atoms with Crippen LogP contribution in [0.25, 0.3) is 0 Å². The molecule has 3 heteroatoms. The van der Waals surface area contributed by atoms with E-state index in [1.807, 2.05) is 30.3 Å². The van der Waals surface area contributed by atoms with Crippen molar-refractivity contribution < 1.29 is 4.74 Å². The zero-order valence-corrected chi connectivity index (χ0v) is 12.4. The predicted octanol–water partition coefficient (Wildman–Crippen LogP) is 2.62. The highest BCUT2D eigenvalue weighted by Gasteiger charge is 2.28. The lowest BCUT2D eigenvalue weighted by Crippen LogP contribution is -2.27. The van der Waals surface area contributed by atoms with E-state index in [-0.39, 0.29) is 6.04 Å². The zero-order chi connectivity index (χ0) is 14.7. The molecule has 2 N–H and O–H groups in total. The third kappa shape index (κ3) is 3.43. The Kier molecular flexibility index (Phi) is 4.23. The number of rotatable bonds is 4. The van der Waals surface area contributed by atoms with E-state index in [1.165, 1.54) is 11.1 Å². The summed E-state index contributed by atoms with van der Waals surface area (Å²) >= 11 is 0. The Hall–Kier alpha value is -1.84. The number of hydrogen-bond donors (Lipinski definition) is 1. The summed E-state index contributed by atoms with van der Waals surface area (Å²) < 4.78 is 5.82. The molecular formula is C18H22N2O. The highest BCUT2D eigenvalue weighted by atomic mass is 16.5. The molecule has 0 spiro atoms. The monoisotopic (exact) mass is 282 g/mol. The van der Waals surface area contributed by atoms with Crippen LogP contribution >= 0.6 is 0 Å². The molecule has 0 aromatic heterocycles. The van der Waals surface area contributed by atoms with Gasteiger partial charge in [-0.2, -0.15) is 0 Å². The molecule has 0 bridgehead atoms. The fourth-order valence-corrected chi connectivity index (χ4v) is 2.94. The zero-order valence-electron chi connectivity index (χ0n) is 12.4. The van der Waals surface area contributed by atoms with Gasteiger partial charge in [0.15, 0.2) is 0 Å². The lowest BCUT2D eigenvalue weighted by Gasteiger charge is -2.15. The van der Waals surface area contributed by atoms with E-state index in [4.69, 9.17) is 10.5 Å². The van der Waals surface area contributed by atoms with Crippen LogP contribution in [0.15, 0.2) is 54.6 Å². The van der Waals surface area contributed by atoms with Crippen LogP contribution in [0.5, 0.6) is 5.75 Å². The van der Waals surface area contributed by atoms with Gasteiger partial charge < -0.3 is 15.4 Å². The average Bonchev–Trinajstić information content (AvgIpc) is 2.85. The summed E-state index contributed by atoms with van der Waals surface area (Å²) in [5.74, 6) is 1.33. The van der Waals surface area contributed by atoms with Crippen LogP contribution in [-0.2, 0) is 6.61 Å². The third-order valence-electron chi connectivity index (χ3n) is 4.10. The maximum Gasteiger partial charge on any atom is 0.119 e. The Morgan fingerprint density at radius 3 is 2.38 bits per heavy atom. The molecule has 1 heterocycles. The Labute approximate surface area is 126 Å². The molecule has 1 fully saturated rings. The standard InChI is InChI=1S/C18H22N2O/c1-20-11-17(18(19)12-20)15-7-9-16(10-8-15)21-13-14-5-3-2-4-6-14/h2-10,17-18H,11-13,19H2,1H3/t17-,18-/m0/s1. The summed E-state index contributed by atoms with van der Waals surface area (Å²) in [6, 6.07) is 18.8. The summed E-state index contributed by atoms with van der Waals surface area (Å²) in [5.41, 5.74) is 8.69. The van der Waals surface area contributed by atoms with Gasteiger partial charge in [-0.25, -0.2) is 0 Å². The van der Waals surface area contributed by atoms with Crippen LogP contribution in [0.3, 0.4) is 0 Å². The molecule has 110 valence electrons. The predicted molar refractivity (Wildman–Crippen MR) is 85.4 cm³/mol. The van der Waals surface area contributed by atoms with Gasteiger partial charge in [-0.05, 0) is 30.3 Å². The van der Waals surface area contributed by atoms with Crippen LogP contribution < -0.4 is 10.5 Å². The second kappa shape index (κ2) is 6.29. The van der Waals surface area contributed by atoms with Crippen molar-refractivity contribution in [1.82, 2.24) is 4.90 Å². The minimum atomic E-state index is 0.228. The van der Waals surface area contributed by atoms with Crippen molar-refractivity contribution in [3.05, 3.63) is 65.7 Å². The summed E-state index contributed by atoms with van der Waals surface area (Å²) in [5, 5.41) is 0. The Morgan fingerprint density at radius 2 is 1.76 bits per heavy atom. The molecule has 3 nitrogen and oxygen atoms in total. The first-order valence-electron chi connectivity index (χ1n) is 7.43. The third-order valence-corrected chi connectivity index (χ3v) is 4.10. The maximum atomic E-state index is 6.20. The van der Waals surface area contributed by atoms with Crippen molar-refractivity contribution in [3.8, 4) is 5.75 Å². The highest BCUT2D eigenvalue weighted by Crippen LogP contribution is 2.27. The fraction of sp³-hybridized carbons (Fsp3) is 0.333. The minimum absolute atomic E-state index is 0.228. The number of nitrogens with two attached hydrogens (primary N) is 1. The van der Waals surface area contributed by atoms with Crippen LogP contribution in [0.1, 0.15) is 17.0 Å². The highest BCUT2D eigenvalue weighted by molar-refractivity contribution is 5.31. The second-order valence-electron chi connectivity index (χ2n) is 5.83.